The number of fused-ring (bicyclic) bond motifs is 1. The summed E-state index contributed by atoms with van der Waals surface area (Å²) in [5, 5.41) is 6.37. The van der Waals surface area contributed by atoms with E-state index in [-0.39, 0.29) is 18.2 Å². The Morgan fingerprint density at radius 2 is 1.60 bits per heavy atom. The van der Waals surface area contributed by atoms with E-state index in [1.165, 1.54) is 11.3 Å². The first-order valence-electron chi connectivity index (χ1n) is 11.2. The molecule has 1 heterocycles. The largest absolute Gasteiger partial charge is 0.497 e. The molecule has 1 aromatic heterocycles. The van der Waals surface area contributed by atoms with E-state index in [4.69, 9.17) is 9.47 Å². The highest BCUT2D eigenvalue weighted by Crippen LogP contribution is 2.28. The van der Waals surface area contributed by atoms with Crippen molar-refractivity contribution >= 4 is 44.2 Å². The summed E-state index contributed by atoms with van der Waals surface area (Å²) < 4.78 is 11.4. The standard InChI is InChI=1S/C27H27N3O4S/c1-16-6-5-7-17(2)25(16)30-26(32)19-9-10-22-23(14-19)35-27(28-22)29-24(31)11-8-18-12-20(33-3)15-21(13-18)34-4/h5-7,9-10,12-15H,8,11H2,1-4H3,(H,30,32)(H,28,29,31). The molecule has 35 heavy (non-hydrogen) atoms. The van der Waals surface area contributed by atoms with Gasteiger partial charge in [0.15, 0.2) is 5.13 Å². The third-order valence-corrected chi connectivity index (χ3v) is 6.60. The Labute approximate surface area is 208 Å². The Balaban J connectivity index is 1.42. The van der Waals surface area contributed by atoms with Crippen molar-refractivity contribution in [3.05, 3.63) is 76.9 Å². The zero-order chi connectivity index (χ0) is 24.9. The van der Waals surface area contributed by atoms with Crippen molar-refractivity contribution in [2.75, 3.05) is 24.9 Å². The van der Waals surface area contributed by atoms with E-state index in [1.54, 1.807) is 38.5 Å². The number of rotatable bonds is 8. The fraction of sp³-hybridized carbons (Fsp3) is 0.222. The van der Waals surface area contributed by atoms with Crippen LogP contribution >= 0.6 is 11.3 Å². The van der Waals surface area contributed by atoms with E-state index in [0.717, 1.165) is 32.6 Å². The monoisotopic (exact) mass is 489 g/mol. The molecule has 0 bridgehead atoms. The van der Waals surface area contributed by atoms with Crippen LogP contribution < -0.4 is 20.1 Å². The van der Waals surface area contributed by atoms with Gasteiger partial charge in [-0.05, 0) is 67.3 Å². The summed E-state index contributed by atoms with van der Waals surface area (Å²) in [6, 6.07) is 16.8. The summed E-state index contributed by atoms with van der Waals surface area (Å²) in [4.78, 5) is 29.9. The van der Waals surface area contributed by atoms with E-state index in [2.05, 4.69) is 15.6 Å². The fourth-order valence-corrected chi connectivity index (χ4v) is 4.69. The average Bonchev–Trinajstić information content (AvgIpc) is 3.26. The van der Waals surface area contributed by atoms with Gasteiger partial charge in [0.25, 0.3) is 5.91 Å². The first-order chi connectivity index (χ1) is 16.9. The van der Waals surface area contributed by atoms with E-state index in [9.17, 15) is 9.59 Å². The van der Waals surface area contributed by atoms with Crippen LogP contribution in [0.5, 0.6) is 11.5 Å². The van der Waals surface area contributed by atoms with Crippen molar-refractivity contribution in [1.29, 1.82) is 0 Å². The van der Waals surface area contributed by atoms with Gasteiger partial charge in [-0.15, -0.1) is 0 Å². The van der Waals surface area contributed by atoms with Crippen molar-refractivity contribution in [3.63, 3.8) is 0 Å². The van der Waals surface area contributed by atoms with Gasteiger partial charge in [-0.2, -0.15) is 0 Å². The van der Waals surface area contributed by atoms with Crippen molar-refractivity contribution in [2.24, 2.45) is 0 Å². The maximum absolute atomic E-state index is 12.8. The molecule has 0 radical (unpaired) electrons. The predicted molar refractivity (Wildman–Crippen MR) is 140 cm³/mol. The van der Waals surface area contributed by atoms with Gasteiger partial charge in [0.2, 0.25) is 5.91 Å². The summed E-state index contributed by atoms with van der Waals surface area (Å²) >= 11 is 1.34. The molecule has 8 heteroatoms. The van der Waals surface area contributed by atoms with E-state index in [1.807, 2.05) is 44.2 Å². The molecule has 0 saturated heterocycles. The summed E-state index contributed by atoms with van der Waals surface area (Å²) in [5.74, 6) is 1.04. The number of benzene rings is 3. The van der Waals surface area contributed by atoms with Crippen LogP contribution in [0.3, 0.4) is 0 Å². The maximum Gasteiger partial charge on any atom is 0.255 e. The lowest BCUT2D eigenvalue weighted by Gasteiger charge is -2.11. The molecule has 0 aliphatic rings. The normalized spacial score (nSPS) is 10.7. The molecule has 7 nitrogen and oxygen atoms in total. The highest BCUT2D eigenvalue weighted by molar-refractivity contribution is 7.22. The number of ether oxygens (including phenoxy) is 2. The number of thiazole rings is 1. The average molecular weight is 490 g/mol. The number of anilines is 2. The molecule has 0 atom stereocenters. The number of hydrogen-bond donors (Lipinski definition) is 2. The lowest BCUT2D eigenvalue weighted by Crippen LogP contribution is -2.13. The van der Waals surface area contributed by atoms with Gasteiger partial charge in [-0.3, -0.25) is 9.59 Å². The van der Waals surface area contributed by atoms with Crippen molar-refractivity contribution in [2.45, 2.75) is 26.7 Å². The number of hydrogen-bond acceptors (Lipinski definition) is 6. The number of methoxy groups -OCH3 is 2. The smallest absolute Gasteiger partial charge is 0.255 e. The molecule has 0 unspecified atom stereocenters. The van der Waals surface area contributed by atoms with Crippen molar-refractivity contribution < 1.29 is 19.1 Å². The quantitative estimate of drug-likeness (QED) is 0.329. The van der Waals surface area contributed by atoms with Gasteiger partial charge < -0.3 is 20.1 Å². The number of nitrogens with one attached hydrogen (secondary N) is 2. The van der Waals surface area contributed by atoms with Crippen LogP contribution in [0.4, 0.5) is 10.8 Å². The molecule has 0 spiro atoms. The second-order valence-corrected chi connectivity index (χ2v) is 9.22. The molecule has 3 aromatic carbocycles. The van der Waals surface area contributed by atoms with E-state index in [0.29, 0.717) is 28.6 Å². The highest BCUT2D eigenvalue weighted by Gasteiger charge is 2.14. The molecule has 0 aliphatic carbocycles. The lowest BCUT2D eigenvalue weighted by atomic mass is 10.1. The maximum atomic E-state index is 12.8. The molecule has 2 amide bonds. The molecular formula is C27H27N3O4S. The minimum atomic E-state index is -0.183. The summed E-state index contributed by atoms with van der Waals surface area (Å²) in [7, 11) is 3.19. The Morgan fingerprint density at radius 1 is 0.914 bits per heavy atom. The Bertz CT molecular complexity index is 1350. The number of nitrogens with zero attached hydrogens (tertiary/aromatic N) is 1. The highest BCUT2D eigenvalue weighted by atomic mass is 32.1. The van der Waals surface area contributed by atoms with Gasteiger partial charge in [-0.1, -0.05) is 29.5 Å². The molecule has 4 aromatic rings. The van der Waals surface area contributed by atoms with Crippen LogP contribution in [0.25, 0.3) is 10.2 Å². The van der Waals surface area contributed by atoms with Crippen LogP contribution in [0.1, 0.15) is 33.5 Å². The minimum absolute atomic E-state index is 0.140. The van der Waals surface area contributed by atoms with Gasteiger partial charge >= 0.3 is 0 Å². The van der Waals surface area contributed by atoms with Crippen LogP contribution in [0, 0.1) is 13.8 Å². The Kier molecular flexibility index (Phi) is 7.31. The third-order valence-electron chi connectivity index (χ3n) is 5.67. The van der Waals surface area contributed by atoms with Gasteiger partial charge in [0.05, 0.1) is 24.4 Å². The zero-order valence-corrected chi connectivity index (χ0v) is 20.9. The van der Waals surface area contributed by atoms with Crippen LogP contribution in [0.15, 0.2) is 54.6 Å². The molecular weight excluding hydrogens is 462 g/mol. The number of para-hydroxylation sites is 1. The number of aromatic nitrogens is 1. The lowest BCUT2D eigenvalue weighted by molar-refractivity contribution is -0.116. The third kappa shape index (κ3) is 5.78. The van der Waals surface area contributed by atoms with E-state index < -0.39 is 0 Å². The Hall–Kier alpha value is -3.91. The van der Waals surface area contributed by atoms with Gasteiger partial charge in [-0.25, -0.2) is 4.98 Å². The molecule has 2 N–H and O–H groups in total. The number of aryl methyl sites for hydroxylation is 3. The summed E-state index contributed by atoms with van der Waals surface area (Å²) in [5.41, 5.74) is 5.05. The van der Waals surface area contributed by atoms with Crippen LogP contribution in [-0.4, -0.2) is 31.0 Å². The van der Waals surface area contributed by atoms with Crippen LogP contribution in [0.2, 0.25) is 0 Å². The molecule has 0 aliphatic heterocycles. The second-order valence-electron chi connectivity index (χ2n) is 8.19. The number of amides is 2. The molecule has 0 saturated carbocycles. The number of carbonyl (C=O) groups is 2. The molecule has 180 valence electrons. The first-order valence-corrected chi connectivity index (χ1v) is 12.0. The van der Waals surface area contributed by atoms with Gasteiger partial charge in [0, 0.05) is 23.7 Å². The van der Waals surface area contributed by atoms with Crippen LogP contribution in [-0.2, 0) is 11.2 Å². The number of carbonyl (C=O) groups excluding carboxylic acids is 2. The minimum Gasteiger partial charge on any atom is -0.497 e. The van der Waals surface area contributed by atoms with Crippen molar-refractivity contribution in [1.82, 2.24) is 4.98 Å². The topological polar surface area (TPSA) is 89.5 Å². The zero-order valence-electron chi connectivity index (χ0n) is 20.1. The second kappa shape index (κ2) is 10.6. The molecule has 4 rings (SSSR count). The SMILES string of the molecule is COc1cc(CCC(=O)Nc2nc3ccc(C(=O)Nc4c(C)cccc4C)cc3s2)cc(OC)c1. The Morgan fingerprint density at radius 3 is 2.26 bits per heavy atom. The van der Waals surface area contributed by atoms with E-state index >= 15 is 0 Å². The molecule has 0 fully saturated rings. The summed E-state index contributed by atoms with van der Waals surface area (Å²) in [6.07, 6.45) is 0.822. The van der Waals surface area contributed by atoms with Crippen molar-refractivity contribution in [3.8, 4) is 11.5 Å². The van der Waals surface area contributed by atoms with Gasteiger partial charge in [0.1, 0.15) is 11.5 Å². The predicted octanol–water partition coefficient (Wildman–Crippen LogP) is 5.75. The fourth-order valence-electron chi connectivity index (χ4n) is 3.77. The first kappa shape index (κ1) is 24.2. The summed E-state index contributed by atoms with van der Waals surface area (Å²) in [6.45, 7) is 3.93.